The van der Waals surface area contributed by atoms with Crippen molar-refractivity contribution in [3.63, 3.8) is 0 Å². The van der Waals surface area contributed by atoms with Gasteiger partial charge in [0, 0.05) is 26.2 Å². The lowest BCUT2D eigenvalue weighted by molar-refractivity contribution is 0.0398. The smallest absolute Gasteiger partial charge is 0.263 e. The predicted molar refractivity (Wildman–Crippen MR) is 104 cm³/mol. The minimum Gasteiger partial charge on any atom is -0.497 e. The van der Waals surface area contributed by atoms with Gasteiger partial charge >= 0.3 is 0 Å². The molecule has 0 radical (unpaired) electrons. The SMILES string of the molecule is COc1ccc(S(=O)(=O)Nc2ccc(NCCN3CCOCC3)cn2)cc1. The second-order valence-corrected chi connectivity index (χ2v) is 7.78. The summed E-state index contributed by atoms with van der Waals surface area (Å²) in [5.74, 6) is 0.865. The van der Waals surface area contributed by atoms with Gasteiger partial charge in [0.1, 0.15) is 11.6 Å². The molecule has 0 aliphatic carbocycles. The van der Waals surface area contributed by atoms with Crippen LogP contribution in [0.25, 0.3) is 0 Å². The van der Waals surface area contributed by atoms with Crippen molar-refractivity contribution in [3.05, 3.63) is 42.6 Å². The van der Waals surface area contributed by atoms with E-state index >= 15 is 0 Å². The maximum Gasteiger partial charge on any atom is 0.263 e. The topological polar surface area (TPSA) is 92.8 Å². The molecule has 1 aliphatic heterocycles. The average Bonchev–Trinajstić information content (AvgIpc) is 2.70. The number of sulfonamides is 1. The summed E-state index contributed by atoms with van der Waals surface area (Å²) in [5, 5.41) is 3.29. The van der Waals surface area contributed by atoms with Crippen LogP contribution in [0.2, 0.25) is 0 Å². The molecule has 2 heterocycles. The van der Waals surface area contributed by atoms with Crippen molar-refractivity contribution in [3.8, 4) is 5.75 Å². The number of rotatable bonds is 8. The molecule has 0 atom stereocenters. The summed E-state index contributed by atoms with van der Waals surface area (Å²) in [6.07, 6.45) is 1.62. The summed E-state index contributed by atoms with van der Waals surface area (Å²) in [4.78, 5) is 6.66. The number of nitrogens with zero attached hydrogens (tertiary/aromatic N) is 2. The summed E-state index contributed by atoms with van der Waals surface area (Å²) in [7, 11) is -2.16. The van der Waals surface area contributed by atoms with Crippen molar-refractivity contribution in [1.29, 1.82) is 0 Å². The summed E-state index contributed by atoms with van der Waals surface area (Å²) in [6, 6.07) is 9.62. The number of morpholine rings is 1. The summed E-state index contributed by atoms with van der Waals surface area (Å²) in [6.45, 7) is 5.18. The Kier molecular flexibility index (Phi) is 6.49. The zero-order chi connectivity index (χ0) is 19.1. The van der Waals surface area contributed by atoms with Crippen molar-refractivity contribution in [2.45, 2.75) is 4.90 Å². The van der Waals surface area contributed by atoms with Gasteiger partial charge in [-0.1, -0.05) is 0 Å². The van der Waals surface area contributed by atoms with Gasteiger partial charge in [-0.3, -0.25) is 9.62 Å². The molecule has 1 saturated heterocycles. The maximum atomic E-state index is 12.4. The van der Waals surface area contributed by atoms with E-state index in [1.54, 1.807) is 30.5 Å². The van der Waals surface area contributed by atoms with Crippen LogP contribution in [0.3, 0.4) is 0 Å². The van der Waals surface area contributed by atoms with Crippen LogP contribution in [0, 0.1) is 0 Å². The quantitative estimate of drug-likeness (QED) is 0.705. The molecule has 9 heteroatoms. The zero-order valence-corrected chi connectivity index (χ0v) is 16.0. The molecule has 0 spiro atoms. The molecule has 0 amide bonds. The van der Waals surface area contributed by atoms with Crippen molar-refractivity contribution in [2.75, 3.05) is 56.5 Å². The molecule has 1 aromatic carbocycles. The van der Waals surface area contributed by atoms with Crippen LogP contribution in [0.4, 0.5) is 11.5 Å². The van der Waals surface area contributed by atoms with Crippen LogP contribution < -0.4 is 14.8 Å². The lowest BCUT2D eigenvalue weighted by Crippen LogP contribution is -2.39. The van der Waals surface area contributed by atoms with Gasteiger partial charge in [0.25, 0.3) is 10.0 Å². The van der Waals surface area contributed by atoms with E-state index in [-0.39, 0.29) is 10.7 Å². The third-order valence-electron chi connectivity index (χ3n) is 4.23. The fraction of sp³-hybridized carbons (Fsp3) is 0.389. The van der Waals surface area contributed by atoms with Gasteiger partial charge in [-0.25, -0.2) is 13.4 Å². The Balaban J connectivity index is 1.53. The van der Waals surface area contributed by atoms with Gasteiger partial charge in [0.2, 0.25) is 0 Å². The molecular weight excluding hydrogens is 368 g/mol. The molecule has 0 bridgehead atoms. The first-order valence-corrected chi connectivity index (χ1v) is 10.2. The highest BCUT2D eigenvalue weighted by atomic mass is 32.2. The molecule has 0 saturated carbocycles. The second-order valence-electron chi connectivity index (χ2n) is 6.09. The predicted octanol–water partition coefficient (Wildman–Crippen LogP) is 1.64. The number of aromatic nitrogens is 1. The Morgan fingerprint density at radius 2 is 1.89 bits per heavy atom. The van der Waals surface area contributed by atoms with Gasteiger partial charge in [-0.2, -0.15) is 0 Å². The van der Waals surface area contributed by atoms with Crippen molar-refractivity contribution >= 4 is 21.5 Å². The Bertz CT molecular complexity index is 819. The maximum absolute atomic E-state index is 12.4. The average molecular weight is 392 g/mol. The first-order valence-electron chi connectivity index (χ1n) is 8.74. The number of nitrogens with one attached hydrogen (secondary N) is 2. The van der Waals surface area contributed by atoms with E-state index in [0.29, 0.717) is 5.75 Å². The zero-order valence-electron chi connectivity index (χ0n) is 15.2. The molecule has 1 fully saturated rings. The van der Waals surface area contributed by atoms with Crippen LogP contribution >= 0.6 is 0 Å². The normalized spacial score (nSPS) is 15.3. The van der Waals surface area contributed by atoms with Crippen LogP contribution in [0.5, 0.6) is 5.75 Å². The second kappa shape index (κ2) is 9.03. The van der Waals surface area contributed by atoms with Gasteiger partial charge in [0.15, 0.2) is 0 Å². The molecular formula is C18H24N4O4S. The Hall–Kier alpha value is -2.36. The minimum atomic E-state index is -3.69. The highest BCUT2D eigenvalue weighted by Gasteiger charge is 2.15. The summed E-state index contributed by atoms with van der Waals surface area (Å²) >= 11 is 0. The number of hydrogen-bond donors (Lipinski definition) is 2. The lowest BCUT2D eigenvalue weighted by Gasteiger charge is -2.26. The Morgan fingerprint density at radius 1 is 1.15 bits per heavy atom. The van der Waals surface area contributed by atoms with Gasteiger partial charge in [-0.05, 0) is 36.4 Å². The molecule has 2 aromatic rings. The van der Waals surface area contributed by atoms with E-state index in [1.165, 1.54) is 19.2 Å². The molecule has 0 unspecified atom stereocenters. The van der Waals surface area contributed by atoms with Gasteiger partial charge in [0.05, 0.1) is 37.1 Å². The number of hydrogen-bond acceptors (Lipinski definition) is 7. The van der Waals surface area contributed by atoms with E-state index in [4.69, 9.17) is 9.47 Å². The molecule has 27 heavy (non-hydrogen) atoms. The summed E-state index contributed by atoms with van der Waals surface area (Å²) in [5.41, 5.74) is 0.843. The standard InChI is InChI=1S/C18H24N4O4S/c1-25-16-3-5-17(6-4-16)27(23,24)21-18-7-2-15(14-20-18)19-8-9-22-10-12-26-13-11-22/h2-7,14,19H,8-13H2,1H3,(H,20,21). The van der Waals surface area contributed by atoms with E-state index < -0.39 is 10.0 Å². The highest BCUT2D eigenvalue weighted by molar-refractivity contribution is 7.92. The van der Waals surface area contributed by atoms with Crippen molar-refractivity contribution < 1.29 is 17.9 Å². The highest BCUT2D eigenvalue weighted by Crippen LogP contribution is 2.19. The van der Waals surface area contributed by atoms with Crippen molar-refractivity contribution in [2.24, 2.45) is 0 Å². The molecule has 1 aliphatic rings. The number of pyridine rings is 1. The largest absolute Gasteiger partial charge is 0.497 e. The molecule has 8 nitrogen and oxygen atoms in total. The first kappa shape index (κ1) is 19.4. The third-order valence-corrected chi connectivity index (χ3v) is 5.60. The van der Waals surface area contributed by atoms with E-state index in [0.717, 1.165) is 45.1 Å². The summed E-state index contributed by atoms with van der Waals surface area (Å²) < 4.78 is 37.7. The Labute approximate surface area is 159 Å². The first-order chi connectivity index (χ1) is 13.1. The van der Waals surface area contributed by atoms with E-state index in [1.807, 2.05) is 0 Å². The van der Waals surface area contributed by atoms with Gasteiger partial charge < -0.3 is 14.8 Å². The van der Waals surface area contributed by atoms with E-state index in [9.17, 15) is 8.42 Å². The lowest BCUT2D eigenvalue weighted by atomic mass is 10.3. The fourth-order valence-electron chi connectivity index (χ4n) is 2.69. The monoisotopic (exact) mass is 392 g/mol. The third kappa shape index (κ3) is 5.56. The molecule has 1 aromatic heterocycles. The molecule has 146 valence electrons. The number of methoxy groups -OCH3 is 1. The van der Waals surface area contributed by atoms with Crippen molar-refractivity contribution in [1.82, 2.24) is 9.88 Å². The fourth-order valence-corrected chi connectivity index (χ4v) is 3.70. The van der Waals surface area contributed by atoms with Crippen LogP contribution in [-0.4, -0.2) is 64.8 Å². The number of anilines is 2. The Morgan fingerprint density at radius 3 is 2.52 bits per heavy atom. The van der Waals surface area contributed by atoms with Crippen LogP contribution in [0.15, 0.2) is 47.5 Å². The van der Waals surface area contributed by atoms with Crippen LogP contribution in [-0.2, 0) is 14.8 Å². The molecule has 3 rings (SSSR count). The molecule has 2 N–H and O–H groups in total. The number of benzene rings is 1. The minimum absolute atomic E-state index is 0.151. The number of ether oxygens (including phenoxy) is 2. The van der Waals surface area contributed by atoms with E-state index in [2.05, 4.69) is 19.9 Å². The van der Waals surface area contributed by atoms with Crippen LogP contribution in [0.1, 0.15) is 0 Å². The van der Waals surface area contributed by atoms with Gasteiger partial charge in [-0.15, -0.1) is 0 Å².